The summed E-state index contributed by atoms with van der Waals surface area (Å²) in [5.74, 6) is 1.16. The van der Waals surface area contributed by atoms with Gasteiger partial charge in [0.15, 0.2) is 16.6 Å². The lowest BCUT2D eigenvalue weighted by Crippen LogP contribution is -2.40. The molecule has 0 fully saturated rings. The first kappa shape index (κ1) is 23.8. The van der Waals surface area contributed by atoms with Crippen LogP contribution < -0.4 is 20.3 Å². The van der Waals surface area contributed by atoms with Crippen LogP contribution in [0.15, 0.2) is 47.3 Å². The molecule has 2 aromatic carbocycles. The molecule has 0 unspecified atom stereocenters. The third-order valence-electron chi connectivity index (χ3n) is 4.97. The van der Waals surface area contributed by atoms with Crippen molar-refractivity contribution in [3.8, 4) is 11.5 Å². The van der Waals surface area contributed by atoms with Crippen molar-refractivity contribution in [2.75, 3.05) is 46.7 Å². The Hall–Kier alpha value is -2.81. The molecule has 0 atom stereocenters. The molecule has 0 bridgehead atoms. The van der Waals surface area contributed by atoms with E-state index in [0.29, 0.717) is 45.8 Å². The number of rotatable bonds is 8. The number of nitrogens with one attached hydrogen (secondary N) is 2. The number of thiocarbonyl (C=S) groups is 1. The van der Waals surface area contributed by atoms with Crippen molar-refractivity contribution in [3.63, 3.8) is 0 Å². The van der Waals surface area contributed by atoms with E-state index in [0.717, 1.165) is 17.6 Å². The molecule has 0 aliphatic rings. The van der Waals surface area contributed by atoms with Crippen LogP contribution in [0.2, 0.25) is 5.02 Å². The highest BCUT2D eigenvalue weighted by molar-refractivity contribution is 7.80. The van der Waals surface area contributed by atoms with E-state index in [9.17, 15) is 4.79 Å². The molecular weight excluding hydrogens is 448 g/mol. The number of aromatic nitrogens is 1. The van der Waals surface area contributed by atoms with Crippen molar-refractivity contribution in [1.82, 2.24) is 14.8 Å². The largest absolute Gasteiger partial charge is 0.493 e. The Morgan fingerprint density at radius 1 is 1.09 bits per heavy atom. The molecule has 0 saturated heterocycles. The van der Waals surface area contributed by atoms with Crippen molar-refractivity contribution in [1.29, 1.82) is 0 Å². The SMILES string of the molecule is COc1cc2cc(CN(CCN(C)C)C(=S)Nc3cccc(Cl)c3)c(=O)[nH]c2cc1OC. The van der Waals surface area contributed by atoms with Crippen molar-refractivity contribution >= 4 is 45.5 Å². The van der Waals surface area contributed by atoms with E-state index < -0.39 is 0 Å². The molecule has 0 radical (unpaired) electrons. The molecule has 0 aliphatic carbocycles. The molecule has 2 N–H and O–H groups in total. The summed E-state index contributed by atoms with van der Waals surface area (Å²) >= 11 is 11.8. The van der Waals surface area contributed by atoms with Crippen LogP contribution in [0, 0.1) is 0 Å². The van der Waals surface area contributed by atoms with Crippen molar-refractivity contribution < 1.29 is 9.47 Å². The summed E-state index contributed by atoms with van der Waals surface area (Å²) < 4.78 is 10.7. The number of likely N-dealkylation sites (N-methyl/N-ethyl adjacent to an activating group) is 1. The number of hydrogen-bond acceptors (Lipinski definition) is 5. The molecule has 1 heterocycles. The van der Waals surface area contributed by atoms with Gasteiger partial charge in [0, 0.05) is 40.8 Å². The smallest absolute Gasteiger partial charge is 0.253 e. The third kappa shape index (κ3) is 5.91. The summed E-state index contributed by atoms with van der Waals surface area (Å²) in [7, 11) is 7.13. The molecule has 1 aromatic heterocycles. The molecule has 0 spiro atoms. The number of methoxy groups -OCH3 is 2. The number of benzene rings is 2. The Morgan fingerprint density at radius 2 is 1.81 bits per heavy atom. The van der Waals surface area contributed by atoms with E-state index in [1.807, 2.05) is 43.3 Å². The first-order valence-corrected chi connectivity index (χ1v) is 10.8. The Bertz CT molecular complexity index is 1170. The van der Waals surface area contributed by atoms with Gasteiger partial charge in [-0.1, -0.05) is 17.7 Å². The van der Waals surface area contributed by atoms with Crippen molar-refractivity contribution in [2.45, 2.75) is 6.54 Å². The minimum absolute atomic E-state index is 0.176. The fraction of sp³-hybridized carbons (Fsp3) is 0.304. The average Bonchev–Trinajstić information content (AvgIpc) is 2.75. The van der Waals surface area contributed by atoms with Crippen molar-refractivity contribution in [3.05, 3.63) is 63.4 Å². The lowest BCUT2D eigenvalue weighted by molar-refractivity contribution is 0.327. The number of halogens is 1. The number of nitrogens with zero attached hydrogens (tertiary/aromatic N) is 2. The molecule has 170 valence electrons. The highest BCUT2D eigenvalue weighted by Gasteiger charge is 2.15. The molecular formula is C23H27ClN4O3S. The number of fused-ring (bicyclic) bond motifs is 1. The van der Waals surface area contributed by atoms with Crippen LogP contribution in [0.25, 0.3) is 10.9 Å². The van der Waals surface area contributed by atoms with Crippen LogP contribution in [0.3, 0.4) is 0 Å². The normalized spacial score (nSPS) is 10.9. The van der Waals surface area contributed by atoms with Gasteiger partial charge >= 0.3 is 0 Å². The Balaban J connectivity index is 1.91. The van der Waals surface area contributed by atoms with Gasteiger partial charge in [-0.15, -0.1) is 0 Å². The second-order valence-corrected chi connectivity index (χ2v) is 8.41. The minimum atomic E-state index is -0.176. The van der Waals surface area contributed by atoms with E-state index in [1.165, 1.54) is 0 Å². The number of H-pyrrole nitrogens is 1. The van der Waals surface area contributed by atoms with Crippen LogP contribution in [0.4, 0.5) is 5.69 Å². The first-order valence-electron chi connectivity index (χ1n) is 10.0. The van der Waals surface area contributed by atoms with Crippen LogP contribution >= 0.6 is 23.8 Å². The summed E-state index contributed by atoms with van der Waals surface area (Å²) in [4.78, 5) is 19.8. The Labute approximate surface area is 197 Å². The number of hydrogen-bond donors (Lipinski definition) is 2. The summed E-state index contributed by atoms with van der Waals surface area (Å²) in [6, 6.07) is 12.8. The van der Waals surface area contributed by atoms with E-state index in [4.69, 9.17) is 33.3 Å². The van der Waals surface area contributed by atoms with E-state index in [2.05, 4.69) is 15.2 Å². The zero-order valence-electron chi connectivity index (χ0n) is 18.6. The molecule has 0 saturated carbocycles. The summed E-state index contributed by atoms with van der Waals surface area (Å²) in [5.41, 5.74) is 1.89. The lowest BCUT2D eigenvalue weighted by atomic mass is 10.1. The zero-order chi connectivity index (χ0) is 23.3. The zero-order valence-corrected chi connectivity index (χ0v) is 20.1. The second-order valence-electron chi connectivity index (χ2n) is 7.58. The lowest BCUT2D eigenvalue weighted by Gasteiger charge is -2.27. The van der Waals surface area contributed by atoms with E-state index >= 15 is 0 Å². The average molecular weight is 475 g/mol. The molecule has 3 rings (SSSR count). The predicted octanol–water partition coefficient (Wildman–Crippen LogP) is 3.96. The van der Waals surface area contributed by atoms with Gasteiger partial charge in [-0.05, 0) is 56.6 Å². The molecule has 3 aromatic rings. The van der Waals surface area contributed by atoms with Gasteiger partial charge in [0.1, 0.15) is 0 Å². The molecule has 9 heteroatoms. The maximum absolute atomic E-state index is 12.8. The number of aromatic amines is 1. The van der Waals surface area contributed by atoms with Gasteiger partial charge in [0.25, 0.3) is 5.56 Å². The van der Waals surface area contributed by atoms with Gasteiger partial charge in [-0.2, -0.15) is 0 Å². The molecule has 0 aliphatic heterocycles. The summed E-state index contributed by atoms with van der Waals surface area (Å²) in [5, 5.41) is 5.20. The first-order chi connectivity index (χ1) is 15.3. The van der Waals surface area contributed by atoms with Crippen LogP contribution in [-0.2, 0) is 6.54 Å². The van der Waals surface area contributed by atoms with Gasteiger partial charge in [0.2, 0.25) is 0 Å². The van der Waals surface area contributed by atoms with Gasteiger partial charge in [-0.3, -0.25) is 4.79 Å². The second kappa shape index (κ2) is 10.7. The standard InChI is InChI=1S/C23H27ClN4O3S/c1-27(2)8-9-28(23(32)25-18-7-5-6-17(24)12-18)14-16-10-15-11-20(30-3)21(31-4)13-19(15)26-22(16)29/h5-7,10-13H,8-9,14H2,1-4H3,(H,25,32)(H,26,29). The van der Waals surface area contributed by atoms with Crippen LogP contribution in [0.1, 0.15) is 5.56 Å². The monoisotopic (exact) mass is 474 g/mol. The van der Waals surface area contributed by atoms with Gasteiger partial charge in [0.05, 0.1) is 26.3 Å². The maximum atomic E-state index is 12.8. The van der Waals surface area contributed by atoms with Crippen molar-refractivity contribution in [2.24, 2.45) is 0 Å². The number of pyridine rings is 1. The highest BCUT2D eigenvalue weighted by Crippen LogP contribution is 2.31. The maximum Gasteiger partial charge on any atom is 0.253 e. The molecule has 7 nitrogen and oxygen atoms in total. The molecule has 0 amide bonds. The quantitative estimate of drug-likeness (QED) is 0.479. The Kier molecular flexibility index (Phi) is 7.95. The minimum Gasteiger partial charge on any atom is -0.493 e. The Morgan fingerprint density at radius 3 is 2.47 bits per heavy atom. The number of anilines is 1. The topological polar surface area (TPSA) is 69.8 Å². The fourth-order valence-electron chi connectivity index (χ4n) is 3.24. The highest BCUT2D eigenvalue weighted by atomic mass is 35.5. The molecule has 32 heavy (non-hydrogen) atoms. The van der Waals surface area contributed by atoms with Gasteiger partial charge in [-0.25, -0.2) is 0 Å². The fourth-order valence-corrected chi connectivity index (χ4v) is 3.71. The van der Waals surface area contributed by atoms with Crippen LogP contribution in [-0.4, -0.2) is 61.3 Å². The summed E-state index contributed by atoms with van der Waals surface area (Å²) in [6.07, 6.45) is 0. The van der Waals surface area contributed by atoms with Crippen LogP contribution in [0.5, 0.6) is 11.5 Å². The number of ether oxygens (including phenoxy) is 2. The third-order valence-corrected chi connectivity index (χ3v) is 5.56. The van der Waals surface area contributed by atoms with E-state index in [-0.39, 0.29) is 5.56 Å². The van der Waals surface area contributed by atoms with E-state index in [1.54, 1.807) is 32.4 Å². The predicted molar refractivity (Wildman–Crippen MR) is 134 cm³/mol. The van der Waals surface area contributed by atoms with Gasteiger partial charge < -0.3 is 29.6 Å². The summed E-state index contributed by atoms with van der Waals surface area (Å²) in [6.45, 7) is 1.76.